The first-order valence-corrected chi connectivity index (χ1v) is 6.94. The van der Waals surface area contributed by atoms with E-state index in [2.05, 4.69) is 10.5 Å². The lowest BCUT2D eigenvalue weighted by atomic mass is 10.2. The van der Waals surface area contributed by atoms with Crippen LogP contribution in [0.4, 0.5) is 0 Å². The first-order chi connectivity index (χ1) is 11.2. The van der Waals surface area contributed by atoms with Crippen LogP contribution in [0.1, 0.15) is 5.56 Å². The lowest BCUT2D eigenvalue weighted by Gasteiger charge is -2.05. The summed E-state index contributed by atoms with van der Waals surface area (Å²) in [5.41, 5.74) is 3.25. The van der Waals surface area contributed by atoms with E-state index < -0.39 is 0 Å². The summed E-state index contributed by atoms with van der Waals surface area (Å²) in [6.07, 6.45) is 1.55. The highest BCUT2D eigenvalue weighted by molar-refractivity contribution is 5.83. The molecule has 0 aliphatic heterocycles. The molecule has 23 heavy (non-hydrogen) atoms. The molecule has 0 radical (unpaired) electrons. The molecule has 0 atom stereocenters. The van der Waals surface area contributed by atoms with Gasteiger partial charge in [-0.2, -0.15) is 5.10 Å². The number of carbonyl (C=O) groups is 1. The number of methoxy groups -OCH3 is 2. The largest absolute Gasteiger partial charge is 0.497 e. The maximum absolute atomic E-state index is 11.6. The Kier molecular flexibility index (Phi) is 5.99. The predicted octanol–water partition coefficient (Wildman–Crippen LogP) is 2.23. The predicted molar refractivity (Wildman–Crippen MR) is 87.2 cm³/mol. The zero-order chi connectivity index (χ0) is 16.5. The summed E-state index contributed by atoms with van der Waals surface area (Å²) < 4.78 is 15.4. The number of nitrogens with zero attached hydrogens (tertiary/aromatic N) is 1. The highest BCUT2D eigenvalue weighted by Gasteiger charge is 2.01. The third-order valence-corrected chi connectivity index (χ3v) is 2.95. The second kappa shape index (κ2) is 8.43. The standard InChI is InChI=1S/C17H18N2O4/c1-21-14-5-3-13(4-6-14)11-18-19-17(20)12-23-16-9-7-15(22-2)8-10-16/h3-11H,12H2,1-2H3,(H,19,20)/b18-11+. The van der Waals surface area contributed by atoms with Crippen molar-refractivity contribution in [3.05, 3.63) is 54.1 Å². The van der Waals surface area contributed by atoms with Gasteiger partial charge in [-0.3, -0.25) is 4.79 Å². The summed E-state index contributed by atoms with van der Waals surface area (Å²) in [4.78, 5) is 11.6. The quantitative estimate of drug-likeness (QED) is 0.628. The number of hydrogen-bond acceptors (Lipinski definition) is 5. The van der Waals surface area contributed by atoms with Gasteiger partial charge in [-0.05, 0) is 54.1 Å². The molecule has 1 amide bonds. The smallest absolute Gasteiger partial charge is 0.277 e. The molecule has 0 bridgehead atoms. The zero-order valence-electron chi connectivity index (χ0n) is 13.0. The van der Waals surface area contributed by atoms with Crippen molar-refractivity contribution in [1.82, 2.24) is 5.43 Å². The Morgan fingerprint density at radius 3 is 2.04 bits per heavy atom. The van der Waals surface area contributed by atoms with Gasteiger partial charge in [-0.25, -0.2) is 5.43 Å². The fourth-order valence-electron chi connectivity index (χ4n) is 1.72. The van der Waals surface area contributed by atoms with Gasteiger partial charge in [0.2, 0.25) is 0 Å². The van der Waals surface area contributed by atoms with Crippen molar-refractivity contribution in [3.63, 3.8) is 0 Å². The van der Waals surface area contributed by atoms with Gasteiger partial charge in [0.1, 0.15) is 17.2 Å². The summed E-state index contributed by atoms with van der Waals surface area (Å²) in [6, 6.07) is 14.3. The van der Waals surface area contributed by atoms with Crippen LogP contribution >= 0.6 is 0 Å². The van der Waals surface area contributed by atoms with Crippen molar-refractivity contribution >= 4 is 12.1 Å². The van der Waals surface area contributed by atoms with Crippen molar-refractivity contribution in [2.24, 2.45) is 5.10 Å². The molecule has 6 nitrogen and oxygen atoms in total. The lowest BCUT2D eigenvalue weighted by molar-refractivity contribution is -0.123. The van der Waals surface area contributed by atoms with Crippen LogP contribution in [0.5, 0.6) is 17.2 Å². The Morgan fingerprint density at radius 1 is 0.957 bits per heavy atom. The molecule has 0 heterocycles. The number of amides is 1. The highest BCUT2D eigenvalue weighted by Crippen LogP contribution is 2.16. The zero-order valence-corrected chi connectivity index (χ0v) is 13.0. The normalized spacial score (nSPS) is 10.3. The number of carbonyl (C=O) groups excluding carboxylic acids is 1. The molecule has 0 spiro atoms. The first-order valence-electron chi connectivity index (χ1n) is 6.94. The van der Waals surface area contributed by atoms with Gasteiger partial charge in [-0.1, -0.05) is 0 Å². The van der Waals surface area contributed by atoms with Crippen LogP contribution in [-0.2, 0) is 4.79 Å². The number of nitrogens with one attached hydrogen (secondary N) is 1. The minimum absolute atomic E-state index is 0.119. The fourth-order valence-corrected chi connectivity index (χ4v) is 1.72. The van der Waals surface area contributed by atoms with Crippen molar-refractivity contribution in [2.45, 2.75) is 0 Å². The van der Waals surface area contributed by atoms with Crippen LogP contribution in [0.25, 0.3) is 0 Å². The molecule has 2 rings (SSSR count). The summed E-state index contributed by atoms with van der Waals surface area (Å²) in [7, 11) is 3.19. The first kappa shape index (κ1) is 16.4. The number of hydrogen-bond donors (Lipinski definition) is 1. The molecule has 2 aromatic carbocycles. The lowest BCUT2D eigenvalue weighted by Crippen LogP contribution is -2.24. The van der Waals surface area contributed by atoms with Crippen LogP contribution in [0.3, 0.4) is 0 Å². The van der Waals surface area contributed by atoms with Crippen molar-refractivity contribution in [3.8, 4) is 17.2 Å². The van der Waals surface area contributed by atoms with Gasteiger partial charge in [0, 0.05) is 0 Å². The van der Waals surface area contributed by atoms with E-state index in [9.17, 15) is 4.79 Å². The molecule has 2 aromatic rings. The van der Waals surface area contributed by atoms with Gasteiger partial charge < -0.3 is 14.2 Å². The topological polar surface area (TPSA) is 69.2 Å². The van der Waals surface area contributed by atoms with Crippen LogP contribution in [0.15, 0.2) is 53.6 Å². The molecular weight excluding hydrogens is 296 g/mol. The third kappa shape index (κ3) is 5.35. The van der Waals surface area contributed by atoms with Gasteiger partial charge in [0.25, 0.3) is 5.91 Å². The minimum Gasteiger partial charge on any atom is -0.497 e. The molecule has 0 aliphatic carbocycles. The number of hydrazone groups is 1. The van der Waals surface area contributed by atoms with Crippen LogP contribution in [-0.4, -0.2) is 32.9 Å². The number of benzene rings is 2. The molecule has 0 aliphatic rings. The number of ether oxygens (including phenoxy) is 3. The highest BCUT2D eigenvalue weighted by atomic mass is 16.5. The fraction of sp³-hybridized carbons (Fsp3) is 0.176. The second-order valence-corrected chi connectivity index (χ2v) is 4.53. The Labute approximate surface area is 134 Å². The molecular formula is C17H18N2O4. The van der Waals surface area contributed by atoms with Crippen molar-refractivity contribution in [1.29, 1.82) is 0 Å². The molecule has 1 N–H and O–H groups in total. The third-order valence-electron chi connectivity index (χ3n) is 2.95. The molecule has 0 unspecified atom stereocenters. The summed E-state index contributed by atoms with van der Waals surface area (Å²) in [5, 5.41) is 3.87. The van der Waals surface area contributed by atoms with E-state index in [0.29, 0.717) is 5.75 Å². The number of rotatable bonds is 7. The van der Waals surface area contributed by atoms with E-state index in [0.717, 1.165) is 17.1 Å². The molecule has 0 saturated heterocycles. The molecule has 0 fully saturated rings. The summed E-state index contributed by atoms with van der Waals surface area (Å²) >= 11 is 0. The van der Waals surface area contributed by atoms with Crippen molar-refractivity contribution in [2.75, 3.05) is 20.8 Å². The molecule has 120 valence electrons. The molecule has 0 saturated carbocycles. The van der Waals surface area contributed by atoms with E-state index in [-0.39, 0.29) is 12.5 Å². The van der Waals surface area contributed by atoms with E-state index in [1.807, 2.05) is 24.3 Å². The van der Waals surface area contributed by atoms with Crippen molar-refractivity contribution < 1.29 is 19.0 Å². The van der Waals surface area contributed by atoms with Crippen LogP contribution in [0, 0.1) is 0 Å². The van der Waals surface area contributed by atoms with Gasteiger partial charge in [-0.15, -0.1) is 0 Å². The second-order valence-electron chi connectivity index (χ2n) is 4.53. The Bertz CT molecular complexity index is 651. The minimum atomic E-state index is -0.342. The van der Waals surface area contributed by atoms with E-state index in [1.165, 1.54) is 0 Å². The van der Waals surface area contributed by atoms with Gasteiger partial charge in [0.15, 0.2) is 6.61 Å². The van der Waals surface area contributed by atoms with E-state index in [4.69, 9.17) is 14.2 Å². The maximum atomic E-state index is 11.6. The van der Waals surface area contributed by atoms with Gasteiger partial charge >= 0.3 is 0 Å². The average molecular weight is 314 g/mol. The van der Waals surface area contributed by atoms with Crippen LogP contribution < -0.4 is 19.6 Å². The Balaban J connectivity index is 1.76. The average Bonchev–Trinajstić information content (AvgIpc) is 2.61. The van der Waals surface area contributed by atoms with E-state index in [1.54, 1.807) is 44.7 Å². The van der Waals surface area contributed by atoms with Crippen LogP contribution in [0.2, 0.25) is 0 Å². The van der Waals surface area contributed by atoms with Gasteiger partial charge in [0.05, 0.1) is 20.4 Å². The monoisotopic (exact) mass is 314 g/mol. The molecule has 6 heteroatoms. The maximum Gasteiger partial charge on any atom is 0.277 e. The van der Waals surface area contributed by atoms with E-state index >= 15 is 0 Å². The summed E-state index contributed by atoms with van der Waals surface area (Å²) in [5.74, 6) is 1.73. The Hall–Kier alpha value is -3.02. The Morgan fingerprint density at radius 2 is 1.48 bits per heavy atom. The SMILES string of the molecule is COc1ccc(/C=N/NC(=O)COc2ccc(OC)cc2)cc1. The molecule has 0 aromatic heterocycles. The summed E-state index contributed by atoms with van der Waals surface area (Å²) in [6.45, 7) is -0.119.